The third kappa shape index (κ3) is 1.98. The first-order valence-electron chi connectivity index (χ1n) is 4.58. The summed E-state index contributed by atoms with van der Waals surface area (Å²) in [6, 6.07) is 0. The Labute approximate surface area is 118 Å². The molecular weight excluding hydrogens is 408 g/mol. The summed E-state index contributed by atoms with van der Waals surface area (Å²) in [5.41, 5.74) is 1.37. The monoisotopic (exact) mass is 414 g/mol. The maximum atomic E-state index is 11.8. The zero-order chi connectivity index (χ0) is 11.9. The summed E-state index contributed by atoms with van der Waals surface area (Å²) >= 11 is 10.3. The van der Waals surface area contributed by atoms with Crippen LogP contribution in [0.1, 0.15) is 22.2 Å². The number of aromatic amines is 1. The van der Waals surface area contributed by atoms with E-state index in [1.165, 1.54) is 0 Å². The summed E-state index contributed by atoms with van der Waals surface area (Å²) < 4.78 is 7.02. The van der Waals surface area contributed by atoms with Gasteiger partial charge in [0.15, 0.2) is 0 Å². The van der Waals surface area contributed by atoms with E-state index < -0.39 is 0 Å². The molecule has 0 radical (unpaired) electrons. The summed E-state index contributed by atoms with van der Waals surface area (Å²) in [5.74, 6) is -0.120. The number of nitrogens with one attached hydrogen (secondary N) is 2. The smallest absolute Gasteiger partial charge is 0.268 e. The van der Waals surface area contributed by atoms with Crippen LogP contribution in [0.25, 0.3) is 0 Å². The highest BCUT2D eigenvalue weighted by Crippen LogP contribution is 2.39. The third-order valence-electron chi connectivity index (χ3n) is 2.48. The molecule has 0 aliphatic carbocycles. The second-order valence-corrected chi connectivity index (χ2v) is 6.19. The average Bonchev–Trinajstić information content (AvgIpc) is 2.48. The van der Waals surface area contributed by atoms with Crippen molar-refractivity contribution in [3.05, 3.63) is 20.3 Å². The number of hydrogen-bond acceptors (Lipinski definition) is 2. The quantitative estimate of drug-likeness (QED) is 0.692. The van der Waals surface area contributed by atoms with Crippen molar-refractivity contribution in [3.63, 3.8) is 0 Å². The molecule has 0 aromatic carbocycles. The van der Waals surface area contributed by atoms with Crippen LogP contribution in [-0.4, -0.2) is 29.4 Å². The lowest BCUT2D eigenvalue weighted by Gasteiger charge is -2.18. The van der Waals surface area contributed by atoms with Gasteiger partial charge in [-0.05, 0) is 31.9 Å². The molecule has 2 atom stereocenters. The third-order valence-corrected chi connectivity index (χ3v) is 5.24. The standard InChI is InChI=1S/C9H9Br3N2O2/c1-16-7-3(10)2-13-9(15)6-4(7)5(11)8(12)14-6/h3,7,14H,2H2,1H3,(H,13,15)/t3-,7+/m1/s1. The van der Waals surface area contributed by atoms with Crippen LogP contribution in [0.4, 0.5) is 0 Å². The van der Waals surface area contributed by atoms with E-state index in [9.17, 15) is 4.79 Å². The lowest BCUT2D eigenvalue weighted by molar-refractivity contribution is 0.0950. The first kappa shape index (κ1) is 12.6. The maximum absolute atomic E-state index is 11.8. The Bertz CT molecular complexity index is 433. The first-order valence-corrected chi connectivity index (χ1v) is 7.08. The van der Waals surface area contributed by atoms with Crippen LogP contribution in [0.3, 0.4) is 0 Å². The number of halogens is 3. The van der Waals surface area contributed by atoms with Crippen LogP contribution in [0.2, 0.25) is 0 Å². The molecule has 0 saturated heterocycles. The largest absolute Gasteiger partial charge is 0.375 e. The van der Waals surface area contributed by atoms with Crippen LogP contribution in [0.5, 0.6) is 0 Å². The first-order chi connectivity index (χ1) is 7.56. The minimum atomic E-state index is -0.175. The molecule has 7 heteroatoms. The van der Waals surface area contributed by atoms with E-state index in [-0.39, 0.29) is 16.8 Å². The second kappa shape index (κ2) is 4.80. The number of methoxy groups -OCH3 is 1. The molecule has 16 heavy (non-hydrogen) atoms. The highest BCUT2D eigenvalue weighted by molar-refractivity contribution is 9.13. The molecule has 88 valence electrons. The van der Waals surface area contributed by atoms with Crippen molar-refractivity contribution in [3.8, 4) is 0 Å². The number of carbonyl (C=O) groups is 1. The zero-order valence-corrected chi connectivity index (χ0v) is 13.1. The van der Waals surface area contributed by atoms with Crippen LogP contribution in [-0.2, 0) is 4.74 Å². The Morgan fingerprint density at radius 3 is 2.75 bits per heavy atom. The highest BCUT2D eigenvalue weighted by atomic mass is 79.9. The molecule has 1 aromatic heterocycles. The van der Waals surface area contributed by atoms with Crippen molar-refractivity contribution >= 4 is 53.7 Å². The Hall–Kier alpha value is 0.150. The molecular formula is C9H9Br3N2O2. The summed E-state index contributed by atoms with van der Waals surface area (Å²) in [5, 5.41) is 2.82. The second-order valence-electron chi connectivity index (χ2n) is 3.42. The van der Waals surface area contributed by atoms with E-state index in [0.29, 0.717) is 12.2 Å². The molecule has 2 rings (SSSR count). The van der Waals surface area contributed by atoms with Crippen molar-refractivity contribution in [1.82, 2.24) is 10.3 Å². The average molecular weight is 417 g/mol. The number of amides is 1. The highest BCUT2D eigenvalue weighted by Gasteiger charge is 2.33. The van der Waals surface area contributed by atoms with E-state index in [2.05, 4.69) is 58.1 Å². The number of rotatable bonds is 1. The van der Waals surface area contributed by atoms with E-state index in [1.807, 2.05) is 0 Å². The maximum Gasteiger partial charge on any atom is 0.268 e. The normalized spacial score (nSPS) is 24.9. The van der Waals surface area contributed by atoms with E-state index in [1.54, 1.807) is 7.11 Å². The van der Waals surface area contributed by atoms with Crippen LogP contribution >= 0.6 is 47.8 Å². The number of aromatic nitrogens is 1. The molecule has 0 saturated carbocycles. The van der Waals surface area contributed by atoms with Gasteiger partial charge in [0, 0.05) is 19.2 Å². The van der Waals surface area contributed by atoms with Crippen LogP contribution in [0.15, 0.2) is 9.08 Å². The molecule has 0 unspecified atom stereocenters. The van der Waals surface area contributed by atoms with E-state index >= 15 is 0 Å². The van der Waals surface area contributed by atoms with Gasteiger partial charge in [-0.2, -0.15) is 0 Å². The molecule has 4 nitrogen and oxygen atoms in total. The van der Waals surface area contributed by atoms with Gasteiger partial charge in [-0.15, -0.1) is 0 Å². The SMILES string of the molecule is CO[C@@H]1c2c([nH]c(Br)c2Br)C(=O)NC[C@H]1Br. The van der Waals surface area contributed by atoms with Crippen molar-refractivity contribution in [2.45, 2.75) is 10.9 Å². The topological polar surface area (TPSA) is 54.1 Å². The number of ether oxygens (including phenoxy) is 1. The lowest BCUT2D eigenvalue weighted by atomic mass is 10.1. The fraction of sp³-hybridized carbons (Fsp3) is 0.444. The van der Waals surface area contributed by atoms with Crippen LogP contribution in [0, 0.1) is 0 Å². The van der Waals surface area contributed by atoms with Gasteiger partial charge in [0.05, 0.1) is 20.0 Å². The van der Waals surface area contributed by atoms with Crippen LogP contribution < -0.4 is 5.32 Å². The molecule has 2 N–H and O–H groups in total. The van der Waals surface area contributed by atoms with Gasteiger partial charge in [0.2, 0.25) is 0 Å². The minimum absolute atomic E-state index is 0.0432. The Balaban J connectivity index is 2.59. The van der Waals surface area contributed by atoms with Crippen molar-refractivity contribution in [2.75, 3.05) is 13.7 Å². The van der Waals surface area contributed by atoms with Gasteiger partial charge in [0.1, 0.15) is 5.69 Å². The zero-order valence-electron chi connectivity index (χ0n) is 8.31. The van der Waals surface area contributed by atoms with E-state index in [4.69, 9.17) is 4.74 Å². The molecule has 0 bridgehead atoms. The molecule has 2 heterocycles. The Kier molecular flexibility index (Phi) is 3.78. The fourth-order valence-corrected chi connectivity index (χ4v) is 3.32. The molecule has 0 spiro atoms. The Morgan fingerprint density at radius 2 is 2.12 bits per heavy atom. The Morgan fingerprint density at radius 1 is 1.44 bits per heavy atom. The van der Waals surface area contributed by atoms with Crippen molar-refractivity contribution < 1.29 is 9.53 Å². The van der Waals surface area contributed by atoms with Crippen molar-refractivity contribution in [2.24, 2.45) is 0 Å². The molecule has 1 amide bonds. The summed E-state index contributed by atoms with van der Waals surface area (Å²) in [4.78, 5) is 14.9. The van der Waals surface area contributed by atoms with Gasteiger partial charge < -0.3 is 15.0 Å². The van der Waals surface area contributed by atoms with E-state index in [0.717, 1.165) is 14.6 Å². The van der Waals surface area contributed by atoms with Gasteiger partial charge >= 0.3 is 0 Å². The molecule has 1 aromatic rings. The number of carbonyl (C=O) groups excluding carboxylic acids is 1. The minimum Gasteiger partial charge on any atom is -0.375 e. The molecule has 0 fully saturated rings. The number of alkyl halides is 1. The molecule has 1 aliphatic heterocycles. The van der Waals surface area contributed by atoms with Gasteiger partial charge in [-0.1, -0.05) is 15.9 Å². The summed E-state index contributed by atoms with van der Waals surface area (Å²) in [6.45, 7) is 0.532. The summed E-state index contributed by atoms with van der Waals surface area (Å²) in [6.07, 6.45) is -0.175. The number of hydrogen-bond donors (Lipinski definition) is 2. The lowest BCUT2D eigenvalue weighted by Crippen LogP contribution is -2.28. The predicted molar refractivity (Wildman–Crippen MR) is 71.0 cm³/mol. The molecule has 1 aliphatic rings. The summed E-state index contributed by atoms with van der Waals surface area (Å²) in [7, 11) is 1.63. The number of H-pyrrole nitrogens is 1. The van der Waals surface area contributed by atoms with Gasteiger partial charge in [-0.3, -0.25) is 4.79 Å². The fourth-order valence-electron chi connectivity index (χ4n) is 1.74. The predicted octanol–water partition coefficient (Wildman–Crippen LogP) is 2.73. The van der Waals surface area contributed by atoms with Gasteiger partial charge in [0.25, 0.3) is 5.91 Å². The number of fused-ring (bicyclic) bond motifs is 1. The van der Waals surface area contributed by atoms with Crippen molar-refractivity contribution in [1.29, 1.82) is 0 Å². The van der Waals surface area contributed by atoms with Gasteiger partial charge in [-0.25, -0.2) is 0 Å².